The first-order chi connectivity index (χ1) is 11.1. The summed E-state index contributed by atoms with van der Waals surface area (Å²) in [6.45, 7) is 3.53. The van der Waals surface area contributed by atoms with Gasteiger partial charge >= 0.3 is 0 Å². The number of hydrogen-bond acceptors (Lipinski definition) is 5. The Hall–Kier alpha value is -2.43. The normalized spacial score (nSPS) is 14.7. The number of carbonyl (C=O) groups excluding carboxylic acids is 1. The standard InChI is InChI=1S/C18H22N4O/c1-12-11-17(20-15-5-3-4-6-15)22-18(19-12)21-16-9-7-14(8-10-16)13(2)23/h7-11,15H,3-6H2,1-2H3,(H2,19,20,21,22). The van der Waals surface area contributed by atoms with E-state index in [1.807, 2.05) is 25.1 Å². The van der Waals surface area contributed by atoms with E-state index in [-0.39, 0.29) is 5.78 Å². The molecule has 5 heteroatoms. The van der Waals surface area contributed by atoms with Crippen LogP contribution in [0.25, 0.3) is 0 Å². The van der Waals surface area contributed by atoms with Crippen molar-refractivity contribution in [2.75, 3.05) is 10.6 Å². The van der Waals surface area contributed by atoms with Gasteiger partial charge in [0.1, 0.15) is 5.82 Å². The van der Waals surface area contributed by atoms with Crippen molar-refractivity contribution in [3.05, 3.63) is 41.6 Å². The molecule has 0 spiro atoms. The topological polar surface area (TPSA) is 66.9 Å². The van der Waals surface area contributed by atoms with Crippen LogP contribution in [0.3, 0.4) is 0 Å². The summed E-state index contributed by atoms with van der Waals surface area (Å²) in [5.74, 6) is 1.50. The molecule has 5 nitrogen and oxygen atoms in total. The number of aryl methyl sites for hydroxylation is 1. The predicted octanol–water partition coefficient (Wildman–Crippen LogP) is 4.09. The Morgan fingerprint density at radius 3 is 2.48 bits per heavy atom. The maximum Gasteiger partial charge on any atom is 0.229 e. The van der Waals surface area contributed by atoms with Gasteiger partial charge in [-0.1, -0.05) is 12.8 Å². The molecule has 1 aromatic heterocycles. The number of Topliss-reactive ketones (excluding diaryl/α,β-unsaturated/α-hetero) is 1. The summed E-state index contributed by atoms with van der Waals surface area (Å²) >= 11 is 0. The molecule has 1 saturated carbocycles. The SMILES string of the molecule is CC(=O)c1ccc(Nc2nc(C)cc(NC3CCCC3)n2)cc1. The molecule has 1 fully saturated rings. The van der Waals surface area contributed by atoms with Crippen molar-refractivity contribution >= 4 is 23.2 Å². The molecule has 1 aliphatic rings. The van der Waals surface area contributed by atoms with Crippen LogP contribution in [0.5, 0.6) is 0 Å². The molecule has 1 aromatic carbocycles. The van der Waals surface area contributed by atoms with E-state index in [1.54, 1.807) is 19.1 Å². The molecule has 0 aliphatic heterocycles. The van der Waals surface area contributed by atoms with Crippen molar-refractivity contribution < 1.29 is 4.79 Å². The summed E-state index contributed by atoms with van der Waals surface area (Å²) < 4.78 is 0. The van der Waals surface area contributed by atoms with Gasteiger partial charge in [-0.25, -0.2) is 4.98 Å². The van der Waals surface area contributed by atoms with E-state index in [0.717, 1.165) is 17.2 Å². The molecular weight excluding hydrogens is 288 g/mol. The minimum Gasteiger partial charge on any atom is -0.367 e. The third-order valence-corrected chi connectivity index (χ3v) is 4.11. The molecular formula is C18H22N4O. The van der Waals surface area contributed by atoms with Gasteiger partial charge in [0.2, 0.25) is 5.95 Å². The van der Waals surface area contributed by atoms with E-state index in [9.17, 15) is 4.79 Å². The number of benzene rings is 1. The monoisotopic (exact) mass is 310 g/mol. The largest absolute Gasteiger partial charge is 0.367 e. The molecule has 0 unspecified atom stereocenters. The van der Waals surface area contributed by atoms with Gasteiger partial charge in [0.05, 0.1) is 0 Å². The molecule has 23 heavy (non-hydrogen) atoms. The summed E-state index contributed by atoms with van der Waals surface area (Å²) in [6.07, 6.45) is 4.99. The molecule has 2 aromatic rings. The summed E-state index contributed by atoms with van der Waals surface area (Å²) in [5.41, 5.74) is 2.49. The number of aromatic nitrogens is 2. The lowest BCUT2D eigenvalue weighted by molar-refractivity contribution is 0.101. The number of hydrogen-bond donors (Lipinski definition) is 2. The van der Waals surface area contributed by atoms with Gasteiger partial charge < -0.3 is 10.6 Å². The van der Waals surface area contributed by atoms with Crippen LogP contribution in [0.2, 0.25) is 0 Å². The fraction of sp³-hybridized carbons (Fsp3) is 0.389. The van der Waals surface area contributed by atoms with Crippen LogP contribution in [0, 0.1) is 6.92 Å². The molecule has 0 radical (unpaired) electrons. The molecule has 0 saturated heterocycles. The number of ketones is 1. The Morgan fingerprint density at radius 1 is 1.13 bits per heavy atom. The molecule has 0 atom stereocenters. The number of anilines is 3. The van der Waals surface area contributed by atoms with Gasteiger partial charge in [0.25, 0.3) is 0 Å². The van der Waals surface area contributed by atoms with Crippen LogP contribution >= 0.6 is 0 Å². The average molecular weight is 310 g/mol. The van der Waals surface area contributed by atoms with Crippen molar-refractivity contribution in [2.24, 2.45) is 0 Å². The van der Waals surface area contributed by atoms with Crippen molar-refractivity contribution in [2.45, 2.75) is 45.6 Å². The van der Waals surface area contributed by atoms with Crippen molar-refractivity contribution in [3.63, 3.8) is 0 Å². The molecule has 120 valence electrons. The highest BCUT2D eigenvalue weighted by Gasteiger charge is 2.15. The highest BCUT2D eigenvalue weighted by molar-refractivity contribution is 5.94. The molecule has 3 rings (SSSR count). The Bertz CT molecular complexity index is 691. The Morgan fingerprint density at radius 2 is 1.83 bits per heavy atom. The van der Waals surface area contributed by atoms with E-state index in [0.29, 0.717) is 17.6 Å². The van der Waals surface area contributed by atoms with Crippen molar-refractivity contribution in [1.29, 1.82) is 0 Å². The van der Waals surface area contributed by atoms with Crippen LogP contribution < -0.4 is 10.6 Å². The van der Waals surface area contributed by atoms with Crippen LogP contribution in [0.15, 0.2) is 30.3 Å². The highest BCUT2D eigenvalue weighted by atomic mass is 16.1. The Kier molecular flexibility index (Phi) is 4.55. The molecule has 2 N–H and O–H groups in total. The van der Waals surface area contributed by atoms with Gasteiger partial charge in [-0.3, -0.25) is 4.79 Å². The van der Waals surface area contributed by atoms with Gasteiger partial charge in [0, 0.05) is 29.1 Å². The first kappa shape index (κ1) is 15.5. The lowest BCUT2D eigenvalue weighted by atomic mass is 10.1. The highest BCUT2D eigenvalue weighted by Crippen LogP contribution is 2.23. The van der Waals surface area contributed by atoms with Crippen LogP contribution in [0.4, 0.5) is 17.5 Å². The number of carbonyl (C=O) groups is 1. The average Bonchev–Trinajstić information content (AvgIpc) is 3.00. The first-order valence-electron chi connectivity index (χ1n) is 8.10. The van der Waals surface area contributed by atoms with Gasteiger partial charge in [-0.2, -0.15) is 4.98 Å². The number of rotatable bonds is 5. The zero-order valence-electron chi connectivity index (χ0n) is 13.6. The lowest BCUT2D eigenvalue weighted by Crippen LogP contribution is -2.16. The van der Waals surface area contributed by atoms with Crippen LogP contribution in [0.1, 0.15) is 48.7 Å². The quantitative estimate of drug-likeness (QED) is 0.814. The van der Waals surface area contributed by atoms with E-state index < -0.39 is 0 Å². The molecule has 0 amide bonds. The second-order valence-electron chi connectivity index (χ2n) is 6.10. The smallest absolute Gasteiger partial charge is 0.229 e. The van der Waals surface area contributed by atoms with E-state index >= 15 is 0 Å². The summed E-state index contributed by atoms with van der Waals surface area (Å²) in [5, 5.41) is 6.70. The van der Waals surface area contributed by atoms with E-state index in [4.69, 9.17) is 0 Å². The number of nitrogens with one attached hydrogen (secondary N) is 2. The van der Waals surface area contributed by atoms with Gasteiger partial charge in [-0.05, 0) is 51.0 Å². The zero-order chi connectivity index (χ0) is 16.2. The Labute approximate surface area is 136 Å². The number of nitrogens with zero attached hydrogens (tertiary/aromatic N) is 2. The third kappa shape index (κ3) is 4.06. The van der Waals surface area contributed by atoms with E-state index in [2.05, 4.69) is 20.6 Å². The Balaban J connectivity index is 1.73. The zero-order valence-corrected chi connectivity index (χ0v) is 13.6. The van der Waals surface area contributed by atoms with E-state index in [1.165, 1.54) is 25.7 Å². The minimum absolute atomic E-state index is 0.0615. The molecule has 1 heterocycles. The van der Waals surface area contributed by atoms with Gasteiger partial charge in [-0.15, -0.1) is 0 Å². The van der Waals surface area contributed by atoms with Gasteiger partial charge in [0.15, 0.2) is 5.78 Å². The fourth-order valence-electron chi connectivity index (χ4n) is 2.90. The summed E-state index contributed by atoms with van der Waals surface area (Å²) in [7, 11) is 0. The maximum atomic E-state index is 11.3. The lowest BCUT2D eigenvalue weighted by Gasteiger charge is -2.14. The minimum atomic E-state index is 0.0615. The summed E-state index contributed by atoms with van der Waals surface area (Å²) in [6, 6.07) is 9.84. The van der Waals surface area contributed by atoms with Crippen LogP contribution in [-0.2, 0) is 0 Å². The third-order valence-electron chi connectivity index (χ3n) is 4.11. The van der Waals surface area contributed by atoms with Crippen molar-refractivity contribution in [3.8, 4) is 0 Å². The van der Waals surface area contributed by atoms with Crippen LogP contribution in [-0.4, -0.2) is 21.8 Å². The van der Waals surface area contributed by atoms with Crippen molar-refractivity contribution in [1.82, 2.24) is 9.97 Å². The maximum absolute atomic E-state index is 11.3. The summed E-state index contributed by atoms with van der Waals surface area (Å²) in [4.78, 5) is 20.3. The molecule has 1 aliphatic carbocycles. The predicted molar refractivity (Wildman–Crippen MR) is 92.4 cm³/mol. The second kappa shape index (κ2) is 6.77. The molecule has 0 bridgehead atoms. The first-order valence-corrected chi connectivity index (χ1v) is 8.10. The fourth-order valence-corrected chi connectivity index (χ4v) is 2.90. The second-order valence-corrected chi connectivity index (χ2v) is 6.10.